The number of benzene rings is 1. The van der Waals surface area contributed by atoms with Crippen molar-refractivity contribution in [2.75, 3.05) is 14.2 Å². The highest BCUT2D eigenvalue weighted by Gasteiger charge is 2.08. The number of primary amides is 1. The van der Waals surface area contributed by atoms with Crippen molar-refractivity contribution in [3.8, 4) is 17.6 Å². The van der Waals surface area contributed by atoms with Gasteiger partial charge in [-0.2, -0.15) is 0 Å². The molecule has 18 heavy (non-hydrogen) atoms. The van der Waals surface area contributed by atoms with Gasteiger partial charge >= 0.3 is 5.97 Å². The predicted molar refractivity (Wildman–Crippen MR) is 65.0 cm³/mol. The van der Waals surface area contributed by atoms with Gasteiger partial charge in [0.25, 0.3) is 0 Å². The van der Waals surface area contributed by atoms with Crippen molar-refractivity contribution in [2.24, 2.45) is 5.73 Å². The third-order valence-electron chi connectivity index (χ3n) is 2.11. The second-order valence-corrected chi connectivity index (χ2v) is 3.35. The molecule has 0 fully saturated rings. The van der Waals surface area contributed by atoms with E-state index in [-0.39, 0.29) is 6.42 Å². The summed E-state index contributed by atoms with van der Waals surface area (Å²) in [6.07, 6.45) is -0.0500. The Morgan fingerprint density at radius 2 is 2.06 bits per heavy atom. The normalized spacial score (nSPS) is 9.00. The molecule has 2 N–H and O–H groups in total. The van der Waals surface area contributed by atoms with Gasteiger partial charge in [-0.3, -0.25) is 4.79 Å². The fourth-order valence-corrected chi connectivity index (χ4v) is 1.28. The van der Waals surface area contributed by atoms with Crippen LogP contribution in [0.15, 0.2) is 18.2 Å². The maximum Gasteiger partial charge on any atom is 0.337 e. The molecule has 0 heterocycles. The van der Waals surface area contributed by atoms with E-state index >= 15 is 0 Å². The first-order chi connectivity index (χ1) is 8.58. The Hall–Kier alpha value is -2.48. The number of esters is 1. The first-order valence-electron chi connectivity index (χ1n) is 5.12. The number of ether oxygens (including phenoxy) is 2. The molecule has 0 aliphatic heterocycles. The number of hydrogen-bond donors (Lipinski definition) is 1. The average Bonchev–Trinajstić information content (AvgIpc) is 2.37. The summed E-state index contributed by atoms with van der Waals surface area (Å²) in [6.45, 7) is 0. The van der Waals surface area contributed by atoms with Crippen LogP contribution in [0.4, 0.5) is 0 Å². The van der Waals surface area contributed by atoms with Gasteiger partial charge in [-0.25, -0.2) is 4.79 Å². The SMILES string of the molecule is COC(=O)c1ccc(OC)c(C#CCC(N)=O)c1. The van der Waals surface area contributed by atoms with Crippen LogP contribution in [-0.2, 0) is 9.53 Å². The summed E-state index contributed by atoms with van der Waals surface area (Å²) in [5.41, 5.74) is 5.84. The quantitative estimate of drug-likeness (QED) is 0.630. The molecular weight excluding hydrogens is 234 g/mol. The summed E-state index contributed by atoms with van der Waals surface area (Å²) in [5, 5.41) is 0. The van der Waals surface area contributed by atoms with Crippen LogP contribution in [0.3, 0.4) is 0 Å². The second kappa shape index (κ2) is 6.30. The number of hydrogen-bond acceptors (Lipinski definition) is 4. The summed E-state index contributed by atoms with van der Waals surface area (Å²) in [4.78, 5) is 21.9. The molecule has 1 aromatic carbocycles. The number of carbonyl (C=O) groups is 2. The number of carbonyl (C=O) groups excluding carboxylic acids is 2. The van der Waals surface area contributed by atoms with Crippen molar-refractivity contribution < 1.29 is 19.1 Å². The maximum absolute atomic E-state index is 11.4. The minimum absolute atomic E-state index is 0.0500. The lowest BCUT2D eigenvalue weighted by atomic mass is 10.1. The van der Waals surface area contributed by atoms with Crippen molar-refractivity contribution >= 4 is 11.9 Å². The van der Waals surface area contributed by atoms with Crippen molar-refractivity contribution in [3.05, 3.63) is 29.3 Å². The molecular formula is C13H13NO4. The average molecular weight is 247 g/mol. The lowest BCUT2D eigenvalue weighted by Crippen LogP contribution is -2.08. The van der Waals surface area contributed by atoms with E-state index in [4.69, 9.17) is 10.5 Å². The standard InChI is InChI=1S/C13H13NO4/c1-17-11-7-6-10(13(16)18-2)8-9(11)4-3-5-12(14)15/h6-8H,5H2,1-2H3,(H2,14,15). The molecule has 0 bridgehead atoms. The van der Waals surface area contributed by atoms with Crippen LogP contribution in [0, 0.1) is 11.8 Å². The van der Waals surface area contributed by atoms with E-state index in [1.54, 1.807) is 18.2 Å². The molecule has 0 aliphatic carbocycles. The Morgan fingerprint density at radius 1 is 1.33 bits per heavy atom. The third-order valence-corrected chi connectivity index (χ3v) is 2.11. The maximum atomic E-state index is 11.4. The molecule has 0 aromatic heterocycles. The lowest BCUT2D eigenvalue weighted by molar-refractivity contribution is -0.117. The monoisotopic (exact) mass is 247 g/mol. The first kappa shape index (κ1) is 13.6. The van der Waals surface area contributed by atoms with E-state index in [2.05, 4.69) is 16.6 Å². The molecule has 1 rings (SSSR count). The fraction of sp³-hybridized carbons (Fsp3) is 0.231. The molecule has 5 heteroatoms. The molecule has 1 amide bonds. The topological polar surface area (TPSA) is 78.6 Å². The second-order valence-electron chi connectivity index (χ2n) is 3.35. The summed E-state index contributed by atoms with van der Waals surface area (Å²) >= 11 is 0. The van der Waals surface area contributed by atoms with E-state index < -0.39 is 11.9 Å². The van der Waals surface area contributed by atoms with Gasteiger partial charge in [0.05, 0.1) is 31.8 Å². The van der Waals surface area contributed by atoms with Crippen LogP contribution in [0.1, 0.15) is 22.3 Å². The summed E-state index contributed by atoms with van der Waals surface area (Å²) in [7, 11) is 2.79. The van der Waals surface area contributed by atoms with E-state index in [0.717, 1.165) is 0 Å². The van der Waals surface area contributed by atoms with Crippen molar-refractivity contribution in [1.82, 2.24) is 0 Å². The highest BCUT2D eigenvalue weighted by molar-refractivity contribution is 5.90. The van der Waals surface area contributed by atoms with Crippen LogP contribution >= 0.6 is 0 Å². The van der Waals surface area contributed by atoms with E-state index in [1.165, 1.54) is 14.2 Å². The Morgan fingerprint density at radius 3 is 2.61 bits per heavy atom. The van der Waals surface area contributed by atoms with Crippen LogP contribution < -0.4 is 10.5 Å². The van der Waals surface area contributed by atoms with Gasteiger partial charge in [-0.05, 0) is 18.2 Å². The van der Waals surface area contributed by atoms with Gasteiger partial charge < -0.3 is 15.2 Å². The molecule has 0 radical (unpaired) electrons. The smallest absolute Gasteiger partial charge is 0.337 e. The van der Waals surface area contributed by atoms with Crippen molar-refractivity contribution in [1.29, 1.82) is 0 Å². The minimum atomic E-state index is -0.509. The van der Waals surface area contributed by atoms with Crippen LogP contribution in [-0.4, -0.2) is 26.1 Å². The number of methoxy groups -OCH3 is 2. The fourth-order valence-electron chi connectivity index (χ4n) is 1.28. The van der Waals surface area contributed by atoms with Gasteiger partial charge in [0, 0.05) is 0 Å². The van der Waals surface area contributed by atoms with Crippen LogP contribution in [0.25, 0.3) is 0 Å². The molecule has 5 nitrogen and oxygen atoms in total. The molecule has 0 unspecified atom stereocenters. The highest BCUT2D eigenvalue weighted by atomic mass is 16.5. The summed E-state index contributed by atoms with van der Waals surface area (Å²) < 4.78 is 9.71. The Kier molecular flexibility index (Phi) is 4.76. The Labute approximate surface area is 105 Å². The van der Waals surface area contributed by atoms with Crippen molar-refractivity contribution in [2.45, 2.75) is 6.42 Å². The first-order valence-corrected chi connectivity index (χ1v) is 5.12. The Bertz CT molecular complexity index is 526. The molecule has 0 saturated heterocycles. The van der Waals surface area contributed by atoms with Crippen LogP contribution in [0.5, 0.6) is 5.75 Å². The number of nitrogens with two attached hydrogens (primary N) is 1. The van der Waals surface area contributed by atoms with Crippen molar-refractivity contribution in [3.63, 3.8) is 0 Å². The van der Waals surface area contributed by atoms with Gasteiger partial charge in [0.1, 0.15) is 5.75 Å². The van der Waals surface area contributed by atoms with E-state index in [9.17, 15) is 9.59 Å². The largest absolute Gasteiger partial charge is 0.495 e. The van der Waals surface area contributed by atoms with E-state index in [1.807, 2.05) is 0 Å². The summed E-state index contributed by atoms with van der Waals surface area (Å²) in [6, 6.07) is 4.73. The highest BCUT2D eigenvalue weighted by Crippen LogP contribution is 2.19. The van der Waals surface area contributed by atoms with Gasteiger partial charge in [-0.1, -0.05) is 11.8 Å². The van der Waals surface area contributed by atoms with E-state index in [0.29, 0.717) is 16.9 Å². The van der Waals surface area contributed by atoms with Gasteiger partial charge in [0.15, 0.2) is 0 Å². The lowest BCUT2D eigenvalue weighted by Gasteiger charge is -2.05. The van der Waals surface area contributed by atoms with Gasteiger partial charge in [-0.15, -0.1) is 0 Å². The molecule has 0 atom stereocenters. The predicted octanol–water partition coefficient (Wildman–Crippen LogP) is 0.709. The number of rotatable bonds is 3. The number of amides is 1. The molecule has 0 spiro atoms. The Balaban J connectivity index is 3.08. The van der Waals surface area contributed by atoms with Crippen LogP contribution in [0.2, 0.25) is 0 Å². The third kappa shape index (κ3) is 3.52. The molecule has 0 aliphatic rings. The molecule has 0 saturated carbocycles. The van der Waals surface area contributed by atoms with Gasteiger partial charge in [0.2, 0.25) is 5.91 Å². The minimum Gasteiger partial charge on any atom is -0.495 e. The summed E-state index contributed by atoms with van der Waals surface area (Å²) in [5.74, 6) is 4.88. The zero-order valence-electron chi connectivity index (χ0n) is 10.1. The molecule has 1 aromatic rings. The zero-order valence-corrected chi connectivity index (χ0v) is 10.1. The molecule has 94 valence electrons. The zero-order chi connectivity index (χ0) is 13.5.